The standard InChI is InChI=1S/C27H43NO12S/c1-9-10-11-12-15(2)41-27(26(34)35-8)13-21(37-18(5)31)23(28-16(3)29)25(40-27)24(39-20(7)33)22(38-19(6)32)14-36-17(4)30/h15,21-25H,9-14H2,1-8H3,(H,28,29). The molecule has 7 atom stereocenters. The Bertz CT molecular complexity index is 943. The largest absolute Gasteiger partial charge is 0.466 e. The first kappa shape index (κ1) is 36.2. The number of thioether (sulfide) groups is 1. The van der Waals surface area contributed by atoms with Crippen LogP contribution in [0, 0.1) is 0 Å². The van der Waals surface area contributed by atoms with Crippen LogP contribution in [0.3, 0.4) is 0 Å². The van der Waals surface area contributed by atoms with E-state index in [0.29, 0.717) is 0 Å². The molecule has 1 saturated heterocycles. The van der Waals surface area contributed by atoms with Crippen LogP contribution in [-0.4, -0.2) is 90.1 Å². The van der Waals surface area contributed by atoms with Gasteiger partial charge < -0.3 is 33.7 Å². The van der Waals surface area contributed by atoms with Crippen molar-refractivity contribution in [1.82, 2.24) is 5.32 Å². The second-order valence-corrected chi connectivity index (χ2v) is 11.6. The maximum Gasteiger partial charge on any atom is 0.349 e. The third-order valence-electron chi connectivity index (χ3n) is 6.10. The monoisotopic (exact) mass is 605 g/mol. The number of hydrogen-bond donors (Lipinski definition) is 1. The first-order chi connectivity index (χ1) is 19.1. The number of carbonyl (C=O) groups is 6. The van der Waals surface area contributed by atoms with Crippen LogP contribution >= 0.6 is 11.8 Å². The third-order valence-corrected chi connectivity index (χ3v) is 7.55. The fraction of sp³-hybridized carbons (Fsp3) is 0.778. The highest BCUT2D eigenvalue weighted by Gasteiger charge is 2.59. The number of nitrogens with one attached hydrogen (secondary N) is 1. The van der Waals surface area contributed by atoms with Gasteiger partial charge in [-0.05, 0) is 6.42 Å². The highest BCUT2D eigenvalue weighted by molar-refractivity contribution is 8.01. The summed E-state index contributed by atoms with van der Waals surface area (Å²) in [5.41, 5.74) is 0. The van der Waals surface area contributed by atoms with Gasteiger partial charge in [-0.1, -0.05) is 33.1 Å². The van der Waals surface area contributed by atoms with E-state index in [1.165, 1.54) is 21.0 Å². The van der Waals surface area contributed by atoms with Crippen LogP contribution in [0.1, 0.15) is 80.6 Å². The van der Waals surface area contributed by atoms with Gasteiger partial charge in [-0.25, -0.2) is 4.79 Å². The zero-order chi connectivity index (χ0) is 31.3. The summed E-state index contributed by atoms with van der Waals surface area (Å²) in [7, 11) is 1.18. The van der Waals surface area contributed by atoms with Gasteiger partial charge in [-0.15, -0.1) is 11.8 Å². The lowest BCUT2D eigenvalue weighted by molar-refractivity contribution is -0.224. The molecule has 0 aliphatic carbocycles. The van der Waals surface area contributed by atoms with Gasteiger partial charge in [-0.3, -0.25) is 24.0 Å². The van der Waals surface area contributed by atoms with Crippen molar-refractivity contribution < 1.29 is 57.2 Å². The van der Waals surface area contributed by atoms with Crippen LogP contribution in [0.5, 0.6) is 0 Å². The van der Waals surface area contributed by atoms with Crippen molar-refractivity contribution >= 4 is 47.5 Å². The van der Waals surface area contributed by atoms with Crippen molar-refractivity contribution in [3.63, 3.8) is 0 Å². The molecule has 1 amide bonds. The molecule has 1 heterocycles. The number of amides is 1. The summed E-state index contributed by atoms with van der Waals surface area (Å²) in [6.07, 6.45) is -2.15. The van der Waals surface area contributed by atoms with Crippen LogP contribution in [0.25, 0.3) is 0 Å². The minimum absolute atomic E-state index is 0.130. The number of hydrogen-bond acceptors (Lipinski definition) is 13. The topological polar surface area (TPSA) is 170 Å². The summed E-state index contributed by atoms with van der Waals surface area (Å²) in [6, 6.07) is -1.18. The number of esters is 5. The van der Waals surface area contributed by atoms with Crippen LogP contribution in [0.4, 0.5) is 0 Å². The second-order valence-electron chi connectivity index (χ2n) is 9.85. The van der Waals surface area contributed by atoms with Crippen LogP contribution in [-0.2, 0) is 57.2 Å². The Morgan fingerprint density at radius 1 is 0.951 bits per heavy atom. The lowest BCUT2D eigenvalue weighted by Gasteiger charge is -2.49. The average Bonchev–Trinajstić information content (AvgIpc) is 2.85. The van der Waals surface area contributed by atoms with Crippen molar-refractivity contribution in [2.75, 3.05) is 13.7 Å². The van der Waals surface area contributed by atoms with Gasteiger partial charge in [0.05, 0.1) is 13.2 Å². The quantitative estimate of drug-likeness (QED) is 0.164. The number of ether oxygens (including phenoxy) is 6. The van der Waals surface area contributed by atoms with Crippen LogP contribution in [0.2, 0.25) is 0 Å². The number of methoxy groups -OCH3 is 1. The first-order valence-corrected chi connectivity index (χ1v) is 14.4. The molecular weight excluding hydrogens is 562 g/mol. The minimum atomic E-state index is -1.78. The van der Waals surface area contributed by atoms with Gasteiger partial charge in [0.25, 0.3) is 0 Å². The van der Waals surface area contributed by atoms with Crippen molar-refractivity contribution in [3.05, 3.63) is 0 Å². The normalized spacial score (nSPS) is 24.1. The van der Waals surface area contributed by atoms with E-state index in [-0.39, 0.29) is 11.7 Å². The first-order valence-electron chi connectivity index (χ1n) is 13.5. The maximum atomic E-state index is 13.4. The predicted molar refractivity (Wildman–Crippen MR) is 146 cm³/mol. The van der Waals surface area contributed by atoms with E-state index in [2.05, 4.69) is 12.2 Å². The SMILES string of the molecule is CCCCCC(C)SC1(C(=O)OC)CC(OC(C)=O)C(NC(C)=O)C(C(OC(C)=O)C(COC(C)=O)OC(C)=O)O1. The number of rotatable bonds is 15. The fourth-order valence-corrected chi connectivity index (χ4v) is 6.13. The lowest BCUT2D eigenvalue weighted by atomic mass is 9.89. The van der Waals surface area contributed by atoms with Gasteiger partial charge in [0.1, 0.15) is 18.8 Å². The van der Waals surface area contributed by atoms with E-state index in [9.17, 15) is 28.8 Å². The van der Waals surface area contributed by atoms with Crippen molar-refractivity contribution in [3.8, 4) is 0 Å². The molecule has 234 valence electrons. The molecule has 41 heavy (non-hydrogen) atoms. The molecule has 1 N–H and O–H groups in total. The van der Waals surface area contributed by atoms with Gasteiger partial charge >= 0.3 is 29.8 Å². The summed E-state index contributed by atoms with van der Waals surface area (Å²) in [4.78, 5) is 72.1. The highest BCUT2D eigenvalue weighted by atomic mass is 32.2. The Morgan fingerprint density at radius 3 is 2.07 bits per heavy atom. The summed E-state index contributed by atoms with van der Waals surface area (Å²) >= 11 is 1.15. The molecule has 0 bridgehead atoms. The van der Waals surface area contributed by atoms with E-state index in [0.717, 1.165) is 58.2 Å². The van der Waals surface area contributed by atoms with E-state index in [1.54, 1.807) is 0 Å². The summed E-state index contributed by atoms with van der Waals surface area (Å²) < 4.78 is 33.2. The van der Waals surface area contributed by atoms with Gasteiger partial charge in [0, 0.05) is 46.3 Å². The molecule has 1 aliphatic rings. The highest BCUT2D eigenvalue weighted by Crippen LogP contribution is 2.45. The van der Waals surface area contributed by atoms with Crippen molar-refractivity contribution in [2.24, 2.45) is 0 Å². The third kappa shape index (κ3) is 11.9. The molecule has 14 heteroatoms. The molecule has 1 aliphatic heterocycles. The molecule has 0 aromatic carbocycles. The van der Waals surface area contributed by atoms with Crippen molar-refractivity contribution in [1.29, 1.82) is 0 Å². The summed E-state index contributed by atoms with van der Waals surface area (Å²) in [5.74, 6) is -4.35. The smallest absolute Gasteiger partial charge is 0.349 e. The minimum Gasteiger partial charge on any atom is -0.466 e. The Kier molecular flexibility index (Phi) is 15.1. The molecular formula is C27H43NO12S. The Morgan fingerprint density at radius 2 is 1.59 bits per heavy atom. The molecule has 0 aromatic heterocycles. The molecule has 7 unspecified atom stereocenters. The molecule has 1 fully saturated rings. The zero-order valence-electron chi connectivity index (χ0n) is 25.0. The summed E-state index contributed by atoms with van der Waals surface area (Å²) in [5, 5.41) is 2.53. The van der Waals surface area contributed by atoms with Crippen molar-refractivity contribution in [2.45, 2.75) is 121 Å². The van der Waals surface area contributed by atoms with Gasteiger partial charge in [0.15, 0.2) is 12.2 Å². The molecule has 0 saturated carbocycles. The number of unbranched alkanes of at least 4 members (excludes halogenated alkanes) is 2. The maximum absolute atomic E-state index is 13.4. The van der Waals surface area contributed by atoms with Crippen LogP contribution < -0.4 is 5.32 Å². The Labute approximate surface area is 245 Å². The van der Waals surface area contributed by atoms with Gasteiger partial charge in [0.2, 0.25) is 10.8 Å². The van der Waals surface area contributed by atoms with E-state index < -0.39 is 77.8 Å². The molecule has 1 rings (SSSR count). The lowest BCUT2D eigenvalue weighted by Crippen LogP contribution is -2.68. The van der Waals surface area contributed by atoms with E-state index >= 15 is 0 Å². The second kappa shape index (κ2) is 17.2. The molecule has 0 spiro atoms. The van der Waals surface area contributed by atoms with Gasteiger partial charge in [-0.2, -0.15) is 0 Å². The van der Waals surface area contributed by atoms with E-state index in [1.807, 2.05) is 6.92 Å². The zero-order valence-corrected chi connectivity index (χ0v) is 25.8. The average molecular weight is 606 g/mol. The van der Waals surface area contributed by atoms with E-state index in [4.69, 9.17) is 28.4 Å². The fourth-order valence-electron chi connectivity index (χ4n) is 4.59. The number of carbonyl (C=O) groups excluding carboxylic acids is 6. The molecule has 0 aromatic rings. The summed E-state index contributed by atoms with van der Waals surface area (Å²) in [6.45, 7) is 9.17. The van der Waals surface area contributed by atoms with Crippen LogP contribution in [0.15, 0.2) is 0 Å². The molecule has 0 radical (unpaired) electrons. The Balaban J connectivity index is 3.80. The molecule has 13 nitrogen and oxygen atoms in total. The predicted octanol–water partition coefficient (Wildman–Crippen LogP) is 2.21. The Hall–Kier alpha value is -2.87.